The second-order valence-electron chi connectivity index (χ2n) is 9.86. The maximum Gasteiger partial charge on any atom is 0.339 e. The highest BCUT2D eigenvalue weighted by molar-refractivity contribution is 6.33. The zero-order chi connectivity index (χ0) is 25.3. The van der Waals surface area contributed by atoms with E-state index < -0.39 is 24.5 Å². The van der Waals surface area contributed by atoms with Gasteiger partial charge in [0.1, 0.15) is 0 Å². The molecule has 182 valence electrons. The summed E-state index contributed by atoms with van der Waals surface area (Å²) in [6.45, 7) is 6.09. The number of hydrogen-bond donors (Lipinski definition) is 2. The number of aromatic carboxylic acids is 1. The first kappa shape index (κ1) is 24.7. The number of carbonyl (C=O) groups excluding carboxylic acids is 2. The van der Waals surface area contributed by atoms with E-state index in [-0.39, 0.29) is 21.7 Å². The number of anilines is 1. The van der Waals surface area contributed by atoms with Crippen molar-refractivity contribution in [2.75, 3.05) is 11.9 Å². The Hall–Kier alpha value is -3.45. The Kier molecular flexibility index (Phi) is 6.81. The number of halogens is 1. The SMILES string of the molecule is CC(C)(C)C1CCc2nc3ccccc3c(C(=O)OCC(=O)Nc3ccc(Cl)c(C(=O)O)c3)c2C1. The number of fused-ring (bicyclic) bond motifs is 2. The van der Waals surface area contributed by atoms with Gasteiger partial charge in [-0.15, -0.1) is 0 Å². The predicted molar refractivity (Wildman–Crippen MR) is 134 cm³/mol. The van der Waals surface area contributed by atoms with Crippen molar-refractivity contribution in [2.45, 2.75) is 40.0 Å². The Labute approximate surface area is 208 Å². The van der Waals surface area contributed by atoms with Crippen molar-refractivity contribution in [1.29, 1.82) is 0 Å². The molecule has 0 bridgehead atoms. The molecule has 2 aromatic carbocycles. The summed E-state index contributed by atoms with van der Waals surface area (Å²) in [5.74, 6) is -1.98. The molecule has 0 saturated heterocycles. The van der Waals surface area contributed by atoms with E-state index in [1.165, 1.54) is 18.2 Å². The van der Waals surface area contributed by atoms with Crippen LogP contribution in [0.15, 0.2) is 42.5 Å². The quantitative estimate of drug-likeness (QED) is 0.451. The molecule has 1 aliphatic carbocycles. The van der Waals surface area contributed by atoms with Gasteiger partial charge in [0.05, 0.1) is 21.7 Å². The molecule has 0 radical (unpaired) electrons. The molecule has 2 N–H and O–H groups in total. The zero-order valence-corrected chi connectivity index (χ0v) is 20.6. The molecule has 0 aliphatic heterocycles. The minimum atomic E-state index is -1.21. The molecule has 1 unspecified atom stereocenters. The van der Waals surface area contributed by atoms with Gasteiger partial charge in [-0.05, 0) is 60.4 Å². The summed E-state index contributed by atoms with van der Waals surface area (Å²) in [6.07, 6.45) is 2.50. The van der Waals surface area contributed by atoms with Crippen molar-refractivity contribution >= 4 is 46.0 Å². The molecule has 7 nitrogen and oxygen atoms in total. The highest BCUT2D eigenvalue weighted by Gasteiger charge is 2.33. The van der Waals surface area contributed by atoms with Crippen molar-refractivity contribution in [1.82, 2.24) is 4.98 Å². The fourth-order valence-corrected chi connectivity index (χ4v) is 4.73. The summed E-state index contributed by atoms with van der Waals surface area (Å²) in [5, 5.41) is 12.5. The van der Waals surface area contributed by atoms with Crippen molar-refractivity contribution in [3.63, 3.8) is 0 Å². The van der Waals surface area contributed by atoms with Crippen molar-refractivity contribution in [2.24, 2.45) is 11.3 Å². The Bertz CT molecular complexity index is 1330. The van der Waals surface area contributed by atoms with Gasteiger partial charge in [0.15, 0.2) is 6.61 Å². The molecular formula is C27H27ClN2O5. The molecule has 0 spiro atoms. The Morgan fingerprint density at radius 1 is 1.17 bits per heavy atom. The number of nitrogens with one attached hydrogen (secondary N) is 1. The van der Waals surface area contributed by atoms with Crippen LogP contribution in [0, 0.1) is 11.3 Å². The number of carboxylic acids is 1. The number of pyridine rings is 1. The maximum absolute atomic E-state index is 13.3. The fourth-order valence-electron chi connectivity index (χ4n) is 4.53. The summed E-state index contributed by atoms with van der Waals surface area (Å²) in [4.78, 5) is 41.9. The van der Waals surface area contributed by atoms with Crippen LogP contribution >= 0.6 is 11.6 Å². The third-order valence-corrected chi connectivity index (χ3v) is 6.83. The number of hydrogen-bond acceptors (Lipinski definition) is 5. The molecule has 1 atom stereocenters. The van der Waals surface area contributed by atoms with Crippen LogP contribution in [0.2, 0.25) is 5.02 Å². The number of para-hydroxylation sites is 1. The minimum absolute atomic E-state index is 0.0600. The van der Waals surface area contributed by atoms with Gasteiger partial charge in [0, 0.05) is 16.8 Å². The number of carbonyl (C=O) groups is 3. The highest BCUT2D eigenvalue weighted by Crippen LogP contribution is 2.39. The third-order valence-electron chi connectivity index (χ3n) is 6.50. The Morgan fingerprint density at radius 3 is 2.63 bits per heavy atom. The Balaban J connectivity index is 1.57. The number of ether oxygens (including phenoxy) is 1. The van der Waals surface area contributed by atoms with Crippen LogP contribution < -0.4 is 5.32 Å². The number of amides is 1. The number of benzene rings is 2. The molecule has 1 aliphatic rings. The van der Waals surface area contributed by atoms with Gasteiger partial charge in [-0.1, -0.05) is 50.6 Å². The van der Waals surface area contributed by atoms with E-state index in [9.17, 15) is 19.5 Å². The van der Waals surface area contributed by atoms with Crippen LogP contribution in [0.1, 0.15) is 59.2 Å². The normalized spacial score (nSPS) is 15.4. The first-order valence-electron chi connectivity index (χ1n) is 11.4. The van der Waals surface area contributed by atoms with Gasteiger partial charge in [-0.2, -0.15) is 0 Å². The lowest BCUT2D eigenvalue weighted by atomic mass is 9.70. The lowest BCUT2D eigenvalue weighted by Crippen LogP contribution is -2.29. The number of aromatic nitrogens is 1. The summed E-state index contributed by atoms with van der Waals surface area (Å²) < 4.78 is 5.44. The average molecular weight is 495 g/mol. The first-order valence-corrected chi connectivity index (χ1v) is 11.8. The van der Waals surface area contributed by atoms with E-state index in [1.54, 1.807) is 0 Å². The number of nitrogens with zero attached hydrogens (tertiary/aromatic N) is 1. The molecule has 1 amide bonds. The van der Waals surface area contributed by atoms with Gasteiger partial charge < -0.3 is 15.2 Å². The van der Waals surface area contributed by atoms with E-state index >= 15 is 0 Å². The topological polar surface area (TPSA) is 106 Å². The molecule has 8 heteroatoms. The molecule has 35 heavy (non-hydrogen) atoms. The lowest BCUT2D eigenvalue weighted by Gasteiger charge is -2.35. The van der Waals surface area contributed by atoms with Crippen LogP contribution in [0.5, 0.6) is 0 Å². The fraction of sp³-hybridized carbons (Fsp3) is 0.333. The van der Waals surface area contributed by atoms with Crippen LogP contribution in [0.4, 0.5) is 5.69 Å². The highest BCUT2D eigenvalue weighted by atomic mass is 35.5. The van der Waals surface area contributed by atoms with E-state index in [4.69, 9.17) is 21.3 Å². The number of esters is 1. The Morgan fingerprint density at radius 2 is 1.91 bits per heavy atom. The van der Waals surface area contributed by atoms with E-state index in [2.05, 4.69) is 26.1 Å². The molecule has 1 aromatic heterocycles. The van der Waals surface area contributed by atoms with Crippen molar-refractivity contribution in [3.8, 4) is 0 Å². The van der Waals surface area contributed by atoms with Gasteiger partial charge in [-0.25, -0.2) is 9.59 Å². The minimum Gasteiger partial charge on any atom is -0.478 e. The standard InChI is InChI=1S/C27H27ClN2O5/c1-27(2,3)15-8-11-22-19(12-15)24(17-6-4-5-7-21(17)30-22)26(34)35-14-23(31)29-16-9-10-20(28)18(13-16)25(32)33/h4-7,9-10,13,15H,8,11-12,14H2,1-3H3,(H,29,31)(H,32,33). The summed E-state index contributed by atoms with van der Waals surface area (Å²) in [5.41, 5.74) is 3.17. The number of aryl methyl sites for hydroxylation is 1. The maximum atomic E-state index is 13.3. The van der Waals surface area contributed by atoms with Crippen molar-refractivity contribution < 1.29 is 24.2 Å². The van der Waals surface area contributed by atoms with Crippen molar-refractivity contribution in [3.05, 3.63) is 69.9 Å². The predicted octanol–water partition coefficient (Wildman–Crippen LogP) is 5.53. The molecule has 4 rings (SSSR count). The van der Waals surface area contributed by atoms with Crippen LogP contribution in [-0.2, 0) is 22.4 Å². The largest absolute Gasteiger partial charge is 0.478 e. The van der Waals surface area contributed by atoms with E-state index in [0.717, 1.165) is 36.0 Å². The monoisotopic (exact) mass is 494 g/mol. The molecule has 0 saturated carbocycles. The van der Waals surface area contributed by atoms with Crippen LogP contribution in [0.25, 0.3) is 10.9 Å². The van der Waals surface area contributed by atoms with Crippen LogP contribution in [0.3, 0.4) is 0 Å². The number of rotatable bonds is 5. The van der Waals surface area contributed by atoms with E-state index in [1.807, 2.05) is 24.3 Å². The molecule has 1 heterocycles. The second kappa shape index (κ2) is 9.66. The van der Waals surface area contributed by atoms with Gasteiger partial charge in [0.2, 0.25) is 0 Å². The molecule has 0 fully saturated rings. The molecular weight excluding hydrogens is 468 g/mol. The summed E-state index contributed by atoms with van der Waals surface area (Å²) >= 11 is 5.87. The summed E-state index contributed by atoms with van der Waals surface area (Å²) in [6, 6.07) is 11.6. The second-order valence-corrected chi connectivity index (χ2v) is 10.3. The molecule has 3 aromatic rings. The average Bonchev–Trinajstić information content (AvgIpc) is 2.81. The zero-order valence-electron chi connectivity index (χ0n) is 19.9. The van der Waals surface area contributed by atoms with Gasteiger partial charge >= 0.3 is 11.9 Å². The third kappa shape index (κ3) is 5.30. The van der Waals surface area contributed by atoms with Gasteiger partial charge in [0.25, 0.3) is 5.91 Å². The summed E-state index contributed by atoms with van der Waals surface area (Å²) in [7, 11) is 0. The number of carboxylic acid groups (broad SMARTS) is 1. The first-order chi connectivity index (χ1) is 16.5. The van der Waals surface area contributed by atoms with E-state index in [0.29, 0.717) is 16.9 Å². The lowest BCUT2D eigenvalue weighted by molar-refractivity contribution is -0.119. The smallest absolute Gasteiger partial charge is 0.339 e. The van der Waals surface area contributed by atoms with Gasteiger partial charge in [-0.3, -0.25) is 9.78 Å². The van der Waals surface area contributed by atoms with Crippen LogP contribution in [-0.4, -0.2) is 34.5 Å².